The van der Waals surface area contributed by atoms with E-state index in [1.807, 2.05) is 29.8 Å². The minimum absolute atomic E-state index is 0.264. The molecule has 0 fully saturated rings. The quantitative estimate of drug-likeness (QED) is 0.517. The minimum Gasteiger partial charge on any atom is -0.321 e. The van der Waals surface area contributed by atoms with Gasteiger partial charge < -0.3 is 5.73 Å². The average molecular weight is 375 g/mol. The van der Waals surface area contributed by atoms with Gasteiger partial charge in [-0.1, -0.05) is 43.3 Å². The molecular weight excluding hydrogens is 350 g/mol. The van der Waals surface area contributed by atoms with Gasteiger partial charge in [0, 0.05) is 17.6 Å². The van der Waals surface area contributed by atoms with Crippen LogP contribution in [0.3, 0.4) is 0 Å². The molecule has 7 nitrogen and oxygen atoms in total. The smallest absolute Gasteiger partial charge is 0.168 e. The zero-order valence-corrected chi connectivity index (χ0v) is 16.3. The van der Waals surface area contributed by atoms with Crippen LogP contribution in [0.25, 0.3) is 10.9 Å². The second-order valence-electron chi connectivity index (χ2n) is 7.16. The summed E-state index contributed by atoms with van der Waals surface area (Å²) in [6, 6.07) is 14.4. The van der Waals surface area contributed by atoms with Gasteiger partial charge in [0.05, 0.1) is 11.6 Å². The number of aromatic amines is 1. The second kappa shape index (κ2) is 7.90. The second-order valence-corrected chi connectivity index (χ2v) is 7.16. The number of aromatic nitrogens is 6. The van der Waals surface area contributed by atoms with Crippen LogP contribution < -0.4 is 5.73 Å². The van der Waals surface area contributed by atoms with Crippen LogP contribution in [-0.4, -0.2) is 30.4 Å². The molecule has 0 saturated carbocycles. The number of hydrogen-bond donors (Lipinski definition) is 2. The first-order chi connectivity index (χ1) is 13.7. The van der Waals surface area contributed by atoms with Crippen LogP contribution in [0.15, 0.2) is 42.5 Å². The highest BCUT2D eigenvalue weighted by Gasteiger charge is 2.17. The SMILES string of the molecule is CCc1cc(CC(N)c2nnnn2CCc2ccccc2)cc2c(C)[nH]nc12. The third kappa shape index (κ3) is 3.66. The number of fused-ring (bicyclic) bond motifs is 1. The van der Waals surface area contributed by atoms with Crippen molar-refractivity contribution < 1.29 is 0 Å². The highest BCUT2D eigenvalue weighted by Crippen LogP contribution is 2.24. The molecule has 0 aliphatic carbocycles. The molecule has 0 saturated heterocycles. The molecule has 1 atom stereocenters. The van der Waals surface area contributed by atoms with Crippen LogP contribution in [0.2, 0.25) is 0 Å². The summed E-state index contributed by atoms with van der Waals surface area (Å²) in [5.74, 6) is 0.720. The highest BCUT2D eigenvalue weighted by molar-refractivity contribution is 5.85. The van der Waals surface area contributed by atoms with Crippen molar-refractivity contribution in [3.63, 3.8) is 0 Å². The van der Waals surface area contributed by atoms with Crippen molar-refractivity contribution in [2.75, 3.05) is 0 Å². The monoisotopic (exact) mass is 375 g/mol. The van der Waals surface area contributed by atoms with Gasteiger partial charge in [0.1, 0.15) is 0 Å². The molecular formula is C21H25N7. The lowest BCUT2D eigenvalue weighted by Crippen LogP contribution is -2.20. The van der Waals surface area contributed by atoms with Crippen LogP contribution in [0, 0.1) is 6.92 Å². The van der Waals surface area contributed by atoms with Crippen molar-refractivity contribution in [2.45, 2.75) is 45.7 Å². The largest absolute Gasteiger partial charge is 0.321 e. The lowest BCUT2D eigenvalue weighted by Gasteiger charge is -2.13. The van der Waals surface area contributed by atoms with Gasteiger partial charge in [0.15, 0.2) is 5.82 Å². The van der Waals surface area contributed by atoms with E-state index in [1.54, 1.807) is 0 Å². The van der Waals surface area contributed by atoms with E-state index in [-0.39, 0.29) is 6.04 Å². The van der Waals surface area contributed by atoms with Gasteiger partial charge in [-0.15, -0.1) is 5.10 Å². The third-order valence-corrected chi connectivity index (χ3v) is 5.17. The van der Waals surface area contributed by atoms with Crippen LogP contribution >= 0.6 is 0 Å². The Labute approximate surface area is 164 Å². The first-order valence-electron chi connectivity index (χ1n) is 9.67. The molecule has 28 heavy (non-hydrogen) atoms. The van der Waals surface area contributed by atoms with Gasteiger partial charge in [-0.3, -0.25) is 5.10 Å². The van der Waals surface area contributed by atoms with E-state index in [0.29, 0.717) is 13.0 Å². The zero-order valence-electron chi connectivity index (χ0n) is 16.3. The normalized spacial score (nSPS) is 12.5. The Morgan fingerprint density at radius 3 is 2.75 bits per heavy atom. The standard InChI is InChI=1S/C21H25N7/c1-3-17-11-16(12-18-14(2)23-24-20(17)18)13-19(22)21-25-26-27-28(21)10-9-15-7-5-4-6-8-15/h4-8,11-12,19H,3,9-10,13,22H2,1-2H3,(H,23,24). The van der Waals surface area contributed by atoms with Crippen molar-refractivity contribution in [3.8, 4) is 0 Å². The molecule has 0 radical (unpaired) electrons. The maximum atomic E-state index is 6.50. The summed E-state index contributed by atoms with van der Waals surface area (Å²) in [5.41, 5.74) is 12.3. The highest BCUT2D eigenvalue weighted by atomic mass is 15.5. The van der Waals surface area contributed by atoms with E-state index in [9.17, 15) is 0 Å². The number of nitrogens with two attached hydrogens (primary N) is 1. The summed E-state index contributed by atoms with van der Waals surface area (Å²) in [6.45, 7) is 4.90. The van der Waals surface area contributed by atoms with Crippen molar-refractivity contribution in [2.24, 2.45) is 5.73 Å². The molecule has 0 bridgehead atoms. The topological polar surface area (TPSA) is 98.3 Å². The van der Waals surface area contributed by atoms with Crippen LogP contribution in [-0.2, 0) is 25.8 Å². The Bertz CT molecular complexity index is 1070. The third-order valence-electron chi connectivity index (χ3n) is 5.17. The van der Waals surface area contributed by atoms with E-state index >= 15 is 0 Å². The summed E-state index contributed by atoms with van der Waals surface area (Å²) in [7, 11) is 0. The number of tetrazole rings is 1. The molecule has 2 aromatic carbocycles. The molecule has 4 rings (SSSR count). The summed E-state index contributed by atoms with van der Waals surface area (Å²) >= 11 is 0. The number of aryl methyl sites for hydroxylation is 4. The van der Waals surface area contributed by atoms with Gasteiger partial charge in [-0.25, -0.2) is 4.68 Å². The lowest BCUT2D eigenvalue weighted by atomic mass is 9.99. The van der Waals surface area contributed by atoms with E-state index in [1.165, 1.54) is 16.7 Å². The summed E-state index contributed by atoms with van der Waals surface area (Å²) < 4.78 is 1.82. The molecule has 0 aliphatic rings. The Morgan fingerprint density at radius 2 is 1.96 bits per heavy atom. The van der Waals surface area contributed by atoms with Gasteiger partial charge in [-0.05, 0) is 59.4 Å². The average Bonchev–Trinajstić information content (AvgIpc) is 3.34. The fraction of sp³-hybridized carbons (Fsp3) is 0.333. The number of hydrogen-bond acceptors (Lipinski definition) is 5. The van der Waals surface area contributed by atoms with Crippen molar-refractivity contribution in [1.82, 2.24) is 30.4 Å². The number of nitrogens with one attached hydrogen (secondary N) is 1. The molecule has 2 aromatic heterocycles. The first kappa shape index (κ1) is 18.3. The van der Waals surface area contributed by atoms with Crippen molar-refractivity contribution in [3.05, 3.63) is 70.7 Å². The van der Waals surface area contributed by atoms with E-state index in [2.05, 4.69) is 56.9 Å². The number of rotatable bonds is 7. The van der Waals surface area contributed by atoms with Gasteiger partial charge >= 0.3 is 0 Å². The maximum absolute atomic E-state index is 6.50. The van der Waals surface area contributed by atoms with E-state index < -0.39 is 0 Å². The number of H-pyrrole nitrogens is 1. The molecule has 2 heterocycles. The number of benzene rings is 2. The molecule has 0 aliphatic heterocycles. The Hall–Kier alpha value is -3.06. The van der Waals surface area contributed by atoms with Crippen LogP contribution in [0.4, 0.5) is 0 Å². The predicted molar refractivity (Wildman–Crippen MR) is 109 cm³/mol. The van der Waals surface area contributed by atoms with Crippen LogP contribution in [0.5, 0.6) is 0 Å². The molecule has 144 valence electrons. The minimum atomic E-state index is -0.264. The lowest BCUT2D eigenvalue weighted by molar-refractivity contribution is 0.529. The molecule has 0 spiro atoms. The number of nitrogens with zero attached hydrogens (tertiary/aromatic N) is 5. The fourth-order valence-electron chi connectivity index (χ4n) is 3.63. The van der Waals surface area contributed by atoms with Gasteiger partial charge in [-0.2, -0.15) is 5.10 Å². The van der Waals surface area contributed by atoms with Crippen LogP contribution in [0.1, 0.15) is 41.2 Å². The maximum Gasteiger partial charge on any atom is 0.168 e. The van der Waals surface area contributed by atoms with Gasteiger partial charge in [0.2, 0.25) is 0 Å². The molecule has 4 aromatic rings. The first-order valence-corrected chi connectivity index (χ1v) is 9.67. The van der Waals surface area contributed by atoms with Gasteiger partial charge in [0.25, 0.3) is 0 Å². The Morgan fingerprint density at radius 1 is 1.14 bits per heavy atom. The predicted octanol–water partition coefficient (Wildman–Crippen LogP) is 2.91. The summed E-state index contributed by atoms with van der Waals surface area (Å²) in [6.07, 6.45) is 2.48. The fourth-order valence-corrected chi connectivity index (χ4v) is 3.63. The Balaban J connectivity index is 1.53. The molecule has 7 heteroatoms. The van der Waals surface area contributed by atoms with Crippen molar-refractivity contribution in [1.29, 1.82) is 0 Å². The zero-order chi connectivity index (χ0) is 19.5. The Kier molecular flexibility index (Phi) is 5.16. The van der Waals surface area contributed by atoms with E-state index in [0.717, 1.165) is 35.3 Å². The summed E-state index contributed by atoms with van der Waals surface area (Å²) in [4.78, 5) is 0. The van der Waals surface area contributed by atoms with Crippen molar-refractivity contribution >= 4 is 10.9 Å². The summed E-state index contributed by atoms with van der Waals surface area (Å²) in [5, 5.41) is 20.9. The molecule has 1 unspecified atom stereocenters. The molecule has 0 amide bonds. The van der Waals surface area contributed by atoms with E-state index in [4.69, 9.17) is 5.73 Å². The molecule has 3 N–H and O–H groups in total.